The third kappa shape index (κ3) is 11.7. The second kappa shape index (κ2) is 13.9. The number of hydrogen-bond acceptors (Lipinski definition) is 3. The average molecular weight is 293 g/mol. The van der Waals surface area contributed by atoms with Crippen molar-refractivity contribution in [3.8, 4) is 0 Å². The molecule has 0 spiro atoms. The van der Waals surface area contributed by atoms with Gasteiger partial charge in [0.15, 0.2) is 0 Å². The average Bonchev–Trinajstić information content (AvgIpc) is 2.34. The number of carboxylic acids is 1. The number of unbranched alkanes of at least 4 members (excludes halogenated alkanes) is 6. The van der Waals surface area contributed by atoms with Gasteiger partial charge in [-0.05, 0) is 12.3 Å². The molecule has 0 aliphatic heterocycles. The Kier molecular flexibility index (Phi) is 15.4. The number of carbonyl (C=O) groups excluding carboxylic acids is 2. The second-order valence-corrected chi connectivity index (χ2v) is 5.48. The number of nitrogens with one attached hydrogen (secondary N) is 1. The number of amides is 1. The zero-order valence-electron chi connectivity index (χ0n) is 13.5. The Morgan fingerprint density at radius 2 is 1.50 bits per heavy atom. The molecule has 0 fully saturated rings. The van der Waals surface area contributed by atoms with Gasteiger partial charge in [0.05, 0.1) is 12.0 Å². The minimum atomic E-state index is -1.21. The molecule has 0 aromatic carbocycles. The maximum absolute atomic E-state index is 11.6. The molecular formula is C15H28NNaO3. The molecule has 0 rings (SSSR count). The normalized spacial score (nSPS) is 11.8. The van der Waals surface area contributed by atoms with Crippen molar-refractivity contribution in [2.75, 3.05) is 0 Å². The quantitative estimate of drug-likeness (QED) is 0.393. The summed E-state index contributed by atoms with van der Waals surface area (Å²) in [5, 5.41) is 13.4. The molecular weight excluding hydrogens is 265 g/mol. The first-order valence-electron chi connectivity index (χ1n) is 7.49. The summed E-state index contributed by atoms with van der Waals surface area (Å²) in [6, 6.07) is -0.878. The van der Waals surface area contributed by atoms with E-state index in [-0.39, 0.29) is 41.4 Å². The van der Waals surface area contributed by atoms with E-state index in [0.717, 1.165) is 19.3 Å². The third-order valence-electron chi connectivity index (χ3n) is 3.24. The molecule has 0 saturated carbocycles. The predicted molar refractivity (Wildman–Crippen MR) is 74.4 cm³/mol. The molecule has 5 heteroatoms. The Bertz CT molecular complexity index is 270. The van der Waals surface area contributed by atoms with Gasteiger partial charge in [-0.3, -0.25) is 4.79 Å². The summed E-state index contributed by atoms with van der Waals surface area (Å²) >= 11 is 0. The first-order chi connectivity index (χ1) is 8.99. The van der Waals surface area contributed by atoms with E-state index in [1.54, 1.807) is 13.8 Å². The SMILES string of the molecule is CCCCCCCCCC(=O)N[C@H](C(=O)[O-])C(C)C.[Na+]. The van der Waals surface area contributed by atoms with E-state index in [1.807, 2.05) is 0 Å². The van der Waals surface area contributed by atoms with Crippen molar-refractivity contribution < 1.29 is 44.3 Å². The van der Waals surface area contributed by atoms with Gasteiger partial charge >= 0.3 is 29.6 Å². The molecule has 0 aliphatic rings. The summed E-state index contributed by atoms with van der Waals surface area (Å²) in [6.07, 6.45) is 8.44. The topological polar surface area (TPSA) is 69.2 Å². The van der Waals surface area contributed by atoms with Gasteiger partial charge in [0.2, 0.25) is 5.91 Å². The van der Waals surface area contributed by atoms with Crippen LogP contribution in [0.1, 0.15) is 72.1 Å². The van der Waals surface area contributed by atoms with Crippen LogP contribution in [0.15, 0.2) is 0 Å². The Hall–Kier alpha value is -0.0600. The Balaban J connectivity index is 0. The molecule has 0 aromatic rings. The number of hydrogen-bond donors (Lipinski definition) is 1. The summed E-state index contributed by atoms with van der Waals surface area (Å²) in [5.41, 5.74) is 0. The molecule has 0 aliphatic carbocycles. The fourth-order valence-corrected chi connectivity index (χ4v) is 1.99. The van der Waals surface area contributed by atoms with Crippen LogP contribution in [0, 0.1) is 5.92 Å². The maximum atomic E-state index is 11.6. The van der Waals surface area contributed by atoms with E-state index in [1.165, 1.54) is 25.7 Å². The molecule has 4 nitrogen and oxygen atoms in total. The maximum Gasteiger partial charge on any atom is 1.00 e. The number of carboxylic acid groups (broad SMARTS) is 1. The van der Waals surface area contributed by atoms with Gasteiger partial charge < -0.3 is 15.2 Å². The van der Waals surface area contributed by atoms with Gasteiger partial charge in [-0.15, -0.1) is 0 Å². The van der Waals surface area contributed by atoms with Crippen LogP contribution in [0.3, 0.4) is 0 Å². The van der Waals surface area contributed by atoms with Gasteiger partial charge in [-0.2, -0.15) is 0 Å². The van der Waals surface area contributed by atoms with Gasteiger partial charge in [0, 0.05) is 6.42 Å². The Labute approximate surface area is 145 Å². The summed E-state index contributed by atoms with van der Waals surface area (Å²) in [5.74, 6) is -1.54. The van der Waals surface area contributed by atoms with E-state index in [2.05, 4.69) is 12.2 Å². The first-order valence-corrected chi connectivity index (χ1v) is 7.49. The van der Waals surface area contributed by atoms with Gasteiger partial charge in [0.1, 0.15) is 0 Å². The first kappa shape index (κ1) is 22.2. The van der Waals surface area contributed by atoms with Gasteiger partial charge in [-0.1, -0.05) is 59.3 Å². The molecule has 1 atom stereocenters. The largest absolute Gasteiger partial charge is 1.00 e. The number of aliphatic carboxylic acids is 1. The number of carbonyl (C=O) groups is 2. The van der Waals surface area contributed by atoms with E-state index < -0.39 is 12.0 Å². The molecule has 1 amide bonds. The Morgan fingerprint density at radius 1 is 1.00 bits per heavy atom. The van der Waals surface area contributed by atoms with Crippen LogP contribution in [0.5, 0.6) is 0 Å². The molecule has 0 saturated heterocycles. The smallest absolute Gasteiger partial charge is 0.548 e. The van der Waals surface area contributed by atoms with Crippen molar-refractivity contribution in [1.82, 2.24) is 5.32 Å². The summed E-state index contributed by atoms with van der Waals surface area (Å²) in [7, 11) is 0. The molecule has 0 aromatic heterocycles. The van der Waals surface area contributed by atoms with Crippen LogP contribution >= 0.6 is 0 Å². The van der Waals surface area contributed by atoms with Crippen LogP contribution in [-0.2, 0) is 9.59 Å². The molecule has 20 heavy (non-hydrogen) atoms. The molecule has 0 bridgehead atoms. The van der Waals surface area contributed by atoms with E-state index in [4.69, 9.17) is 0 Å². The second-order valence-electron chi connectivity index (χ2n) is 5.48. The summed E-state index contributed by atoms with van der Waals surface area (Å²) in [6.45, 7) is 5.70. The standard InChI is InChI=1S/C15H29NO3.Na/c1-4-5-6-7-8-9-10-11-13(17)16-14(12(2)3)15(18)19;/h12,14H,4-11H2,1-3H3,(H,16,17)(H,18,19);/q;+1/p-1/t14-;/m0./s1. The van der Waals surface area contributed by atoms with Crippen molar-refractivity contribution in [2.45, 2.75) is 78.2 Å². The van der Waals surface area contributed by atoms with Crippen LogP contribution < -0.4 is 40.0 Å². The van der Waals surface area contributed by atoms with Crippen molar-refractivity contribution in [2.24, 2.45) is 5.92 Å². The van der Waals surface area contributed by atoms with Gasteiger partial charge in [-0.25, -0.2) is 0 Å². The summed E-state index contributed by atoms with van der Waals surface area (Å²) < 4.78 is 0. The zero-order valence-corrected chi connectivity index (χ0v) is 15.5. The van der Waals surface area contributed by atoms with Crippen LogP contribution in [-0.4, -0.2) is 17.9 Å². The van der Waals surface area contributed by atoms with Crippen LogP contribution in [0.2, 0.25) is 0 Å². The minimum Gasteiger partial charge on any atom is -0.548 e. The van der Waals surface area contributed by atoms with Crippen molar-refractivity contribution in [3.63, 3.8) is 0 Å². The monoisotopic (exact) mass is 293 g/mol. The number of rotatable bonds is 11. The summed E-state index contributed by atoms with van der Waals surface area (Å²) in [4.78, 5) is 22.4. The molecule has 0 unspecified atom stereocenters. The fraction of sp³-hybridized carbons (Fsp3) is 0.867. The van der Waals surface area contributed by atoms with E-state index in [9.17, 15) is 14.7 Å². The van der Waals surface area contributed by atoms with Crippen LogP contribution in [0.4, 0.5) is 0 Å². The van der Waals surface area contributed by atoms with Crippen molar-refractivity contribution in [3.05, 3.63) is 0 Å². The van der Waals surface area contributed by atoms with Gasteiger partial charge in [0.25, 0.3) is 0 Å². The van der Waals surface area contributed by atoms with Crippen LogP contribution in [0.25, 0.3) is 0 Å². The van der Waals surface area contributed by atoms with E-state index >= 15 is 0 Å². The molecule has 0 radical (unpaired) electrons. The minimum absolute atomic E-state index is 0. The molecule has 0 heterocycles. The fourth-order valence-electron chi connectivity index (χ4n) is 1.99. The van der Waals surface area contributed by atoms with E-state index in [0.29, 0.717) is 6.42 Å². The molecule has 112 valence electrons. The zero-order chi connectivity index (χ0) is 14.7. The Morgan fingerprint density at radius 3 is 1.95 bits per heavy atom. The predicted octanol–water partition coefficient (Wildman–Crippen LogP) is -0.978. The third-order valence-corrected chi connectivity index (χ3v) is 3.24. The molecule has 1 N–H and O–H groups in total. The van der Waals surface area contributed by atoms with Crippen molar-refractivity contribution >= 4 is 11.9 Å². The van der Waals surface area contributed by atoms with Crippen molar-refractivity contribution in [1.29, 1.82) is 0 Å².